The first kappa shape index (κ1) is 10.6. The Morgan fingerprint density at radius 2 is 2.09 bits per heavy atom. The molecule has 0 aromatic carbocycles. The third-order valence-electron chi connectivity index (χ3n) is 2.12. The van der Waals surface area contributed by atoms with Crippen LogP contribution in [-0.2, 0) is 4.79 Å². The normalized spacial score (nSPS) is 14.5. The molecule has 2 heteroatoms. The molecule has 0 saturated heterocycles. The number of aliphatic hydroxyl groups is 1. The van der Waals surface area contributed by atoms with Gasteiger partial charge < -0.3 is 9.90 Å². The Hall–Kier alpha value is -0.370. The second-order valence-corrected chi connectivity index (χ2v) is 3.66. The molecule has 1 unspecified atom stereocenters. The number of aliphatic hydroxyl groups excluding tert-OH is 1. The zero-order valence-corrected chi connectivity index (χ0v) is 7.63. The van der Waals surface area contributed by atoms with Crippen molar-refractivity contribution in [2.24, 2.45) is 5.41 Å². The summed E-state index contributed by atoms with van der Waals surface area (Å²) in [5.74, 6) is 0. The van der Waals surface area contributed by atoms with Crippen molar-refractivity contribution in [3.05, 3.63) is 0 Å². The Kier molecular flexibility index (Phi) is 4.34. The highest BCUT2D eigenvalue weighted by Gasteiger charge is 2.25. The van der Waals surface area contributed by atoms with Gasteiger partial charge in [0, 0.05) is 6.42 Å². The van der Waals surface area contributed by atoms with Crippen LogP contribution in [-0.4, -0.2) is 17.5 Å². The van der Waals surface area contributed by atoms with Gasteiger partial charge in [-0.25, -0.2) is 0 Å². The molecule has 0 bridgehead atoms. The van der Waals surface area contributed by atoms with Crippen LogP contribution < -0.4 is 0 Å². The standard InChI is InChI=1S/C9H18O2/c1-4-6-9(2,3)8(11)5-7-10/h7-8,11H,4-6H2,1-3H3. The fourth-order valence-electron chi connectivity index (χ4n) is 1.22. The largest absolute Gasteiger partial charge is 0.392 e. The van der Waals surface area contributed by atoms with E-state index in [-0.39, 0.29) is 11.8 Å². The number of hydrogen-bond donors (Lipinski definition) is 1. The van der Waals surface area contributed by atoms with E-state index in [1.54, 1.807) is 0 Å². The van der Waals surface area contributed by atoms with Gasteiger partial charge in [0.1, 0.15) is 6.29 Å². The minimum Gasteiger partial charge on any atom is -0.392 e. The molecule has 0 aliphatic rings. The van der Waals surface area contributed by atoms with Gasteiger partial charge in [0.2, 0.25) is 0 Å². The lowest BCUT2D eigenvalue weighted by atomic mass is 9.81. The van der Waals surface area contributed by atoms with Gasteiger partial charge in [-0.1, -0.05) is 27.2 Å². The molecule has 0 aromatic rings. The van der Waals surface area contributed by atoms with E-state index in [2.05, 4.69) is 6.92 Å². The van der Waals surface area contributed by atoms with Crippen LogP contribution in [0.25, 0.3) is 0 Å². The molecule has 0 amide bonds. The highest BCUT2D eigenvalue weighted by atomic mass is 16.3. The molecular formula is C9H18O2. The van der Waals surface area contributed by atoms with Gasteiger partial charge in [0.25, 0.3) is 0 Å². The summed E-state index contributed by atoms with van der Waals surface area (Å²) in [7, 11) is 0. The second kappa shape index (κ2) is 4.50. The quantitative estimate of drug-likeness (QED) is 0.619. The Morgan fingerprint density at radius 1 is 1.55 bits per heavy atom. The topological polar surface area (TPSA) is 37.3 Å². The van der Waals surface area contributed by atoms with E-state index in [0.717, 1.165) is 19.1 Å². The number of rotatable bonds is 5. The molecule has 2 nitrogen and oxygen atoms in total. The zero-order chi connectivity index (χ0) is 8.91. The molecule has 66 valence electrons. The molecule has 0 fully saturated rings. The van der Waals surface area contributed by atoms with Crippen molar-refractivity contribution in [2.45, 2.75) is 46.1 Å². The maximum absolute atomic E-state index is 10.1. The van der Waals surface area contributed by atoms with Crippen LogP contribution in [0.5, 0.6) is 0 Å². The van der Waals surface area contributed by atoms with Crippen molar-refractivity contribution in [3.63, 3.8) is 0 Å². The van der Waals surface area contributed by atoms with Crippen LogP contribution in [0.2, 0.25) is 0 Å². The average Bonchev–Trinajstić information content (AvgIpc) is 1.88. The van der Waals surface area contributed by atoms with Gasteiger partial charge in [0.15, 0.2) is 0 Å². The molecular weight excluding hydrogens is 140 g/mol. The molecule has 0 radical (unpaired) electrons. The summed E-state index contributed by atoms with van der Waals surface area (Å²) < 4.78 is 0. The van der Waals surface area contributed by atoms with Gasteiger partial charge in [-0.15, -0.1) is 0 Å². The van der Waals surface area contributed by atoms with E-state index >= 15 is 0 Å². The van der Waals surface area contributed by atoms with Crippen molar-refractivity contribution in [1.82, 2.24) is 0 Å². The maximum atomic E-state index is 10.1. The SMILES string of the molecule is CCCC(C)(C)C(O)CC=O. The van der Waals surface area contributed by atoms with Crippen molar-refractivity contribution < 1.29 is 9.90 Å². The average molecular weight is 158 g/mol. The zero-order valence-electron chi connectivity index (χ0n) is 7.63. The Morgan fingerprint density at radius 3 is 2.45 bits per heavy atom. The lowest BCUT2D eigenvalue weighted by molar-refractivity contribution is -0.111. The molecule has 0 saturated carbocycles. The summed E-state index contributed by atoms with van der Waals surface area (Å²) in [4.78, 5) is 10.1. The number of carbonyl (C=O) groups excluding carboxylic acids is 1. The smallest absolute Gasteiger partial charge is 0.122 e. The number of aldehydes is 1. The lowest BCUT2D eigenvalue weighted by Crippen LogP contribution is -2.29. The van der Waals surface area contributed by atoms with Crippen LogP contribution in [0.1, 0.15) is 40.0 Å². The van der Waals surface area contributed by atoms with Gasteiger partial charge in [-0.2, -0.15) is 0 Å². The van der Waals surface area contributed by atoms with Crippen molar-refractivity contribution in [1.29, 1.82) is 0 Å². The summed E-state index contributed by atoms with van der Waals surface area (Å²) in [6, 6.07) is 0. The molecule has 0 aliphatic heterocycles. The van der Waals surface area contributed by atoms with E-state index in [4.69, 9.17) is 0 Å². The summed E-state index contributed by atoms with van der Waals surface area (Å²) >= 11 is 0. The van der Waals surface area contributed by atoms with Crippen LogP contribution in [0.15, 0.2) is 0 Å². The minimum absolute atomic E-state index is 0.115. The Balaban J connectivity index is 3.93. The predicted molar refractivity (Wildman–Crippen MR) is 45.4 cm³/mol. The van der Waals surface area contributed by atoms with Crippen LogP contribution in [0.3, 0.4) is 0 Å². The van der Waals surface area contributed by atoms with Gasteiger partial charge in [-0.3, -0.25) is 0 Å². The predicted octanol–water partition coefficient (Wildman–Crippen LogP) is 1.76. The molecule has 0 aliphatic carbocycles. The van der Waals surface area contributed by atoms with Crippen molar-refractivity contribution in [3.8, 4) is 0 Å². The molecule has 0 spiro atoms. The molecule has 0 rings (SSSR count). The van der Waals surface area contributed by atoms with E-state index < -0.39 is 6.10 Å². The Labute approximate surface area is 68.6 Å². The molecule has 1 atom stereocenters. The van der Waals surface area contributed by atoms with Crippen LogP contribution in [0, 0.1) is 5.41 Å². The van der Waals surface area contributed by atoms with Crippen molar-refractivity contribution in [2.75, 3.05) is 0 Å². The molecule has 0 aromatic heterocycles. The fourth-order valence-corrected chi connectivity index (χ4v) is 1.22. The molecule has 0 heterocycles. The van der Waals surface area contributed by atoms with Gasteiger partial charge >= 0.3 is 0 Å². The fraction of sp³-hybridized carbons (Fsp3) is 0.889. The van der Waals surface area contributed by atoms with Crippen LogP contribution >= 0.6 is 0 Å². The summed E-state index contributed by atoms with van der Waals surface area (Å²) in [5.41, 5.74) is -0.115. The first-order chi connectivity index (χ1) is 5.04. The highest BCUT2D eigenvalue weighted by molar-refractivity contribution is 5.50. The summed E-state index contributed by atoms with van der Waals surface area (Å²) in [5, 5.41) is 9.48. The third-order valence-corrected chi connectivity index (χ3v) is 2.12. The Bertz CT molecular complexity index is 119. The van der Waals surface area contributed by atoms with Gasteiger partial charge in [0.05, 0.1) is 6.10 Å². The first-order valence-corrected chi connectivity index (χ1v) is 4.16. The van der Waals surface area contributed by atoms with Gasteiger partial charge in [-0.05, 0) is 11.8 Å². The van der Waals surface area contributed by atoms with E-state index in [1.165, 1.54) is 0 Å². The minimum atomic E-state index is -0.486. The van der Waals surface area contributed by atoms with Crippen molar-refractivity contribution >= 4 is 6.29 Å². The van der Waals surface area contributed by atoms with E-state index in [9.17, 15) is 9.90 Å². The van der Waals surface area contributed by atoms with E-state index in [1.807, 2.05) is 13.8 Å². The first-order valence-electron chi connectivity index (χ1n) is 4.16. The number of hydrogen-bond acceptors (Lipinski definition) is 2. The second-order valence-electron chi connectivity index (χ2n) is 3.66. The lowest BCUT2D eigenvalue weighted by Gasteiger charge is -2.28. The third kappa shape index (κ3) is 3.51. The van der Waals surface area contributed by atoms with E-state index in [0.29, 0.717) is 0 Å². The number of carbonyl (C=O) groups is 1. The molecule has 1 N–H and O–H groups in total. The maximum Gasteiger partial charge on any atom is 0.122 e. The highest BCUT2D eigenvalue weighted by Crippen LogP contribution is 2.27. The summed E-state index contributed by atoms with van der Waals surface area (Å²) in [6.07, 6.45) is 2.56. The molecule has 11 heavy (non-hydrogen) atoms. The monoisotopic (exact) mass is 158 g/mol. The van der Waals surface area contributed by atoms with Crippen LogP contribution in [0.4, 0.5) is 0 Å². The summed E-state index contributed by atoms with van der Waals surface area (Å²) in [6.45, 7) is 6.06.